The van der Waals surface area contributed by atoms with E-state index in [-0.39, 0.29) is 0 Å². The molecular weight excluding hydrogens is 204 g/mol. The summed E-state index contributed by atoms with van der Waals surface area (Å²) in [6, 6.07) is 0. The van der Waals surface area contributed by atoms with Crippen molar-refractivity contribution in [3.05, 3.63) is 0 Å². The zero-order valence-corrected chi connectivity index (χ0v) is 10.4. The van der Waals surface area contributed by atoms with Gasteiger partial charge < -0.3 is 10.2 Å². The highest BCUT2D eigenvalue weighted by molar-refractivity contribution is 5.71. The van der Waals surface area contributed by atoms with Gasteiger partial charge >= 0.3 is 5.97 Å². The maximum Gasteiger partial charge on any atom is 0.309 e. The number of unbranched alkanes of at least 4 members (excludes halogenated alkanes) is 1. The first-order chi connectivity index (χ1) is 7.47. The summed E-state index contributed by atoms with van der Waals surface area (Å²) in [5, 5.41) is 19.5. The van der Waals surface area contributed by atoms with Gasteiger partial charge in [-0.2, -0.15) is 0 Å². The van der Waals surface area contributed by atoms with E-state index < -0.39 is 17.5 Å². The smallest absolute Gasteiger partial charge is 0.309 e. The fourth-order valence-corrected chi connectivity index (χ4v) is 2.53. The van der Waals surface area contributed by atoms with Crippen LogP contribution in [0.25, 0.3) is 0 Å². The van der Waals surface area contributed by atoms with Crippen LogP contribution in [-0.4, -0.2) is 21.8 Å². The van der Waals surface area contributed by atoms with Gasteiger partial charge in [0.15, 0.2) is 0 Å². The van der Waals surface area contributed by atoms with Crippen molar-refractivity contribution in [1.82, 2.24) is 0 Å². The summed E-state index contributed by atoms with van der Waals surface area (Å²) < 4.78 is 0. The summed E-state index contributed by atoms with van der Waals surface area (Å²) in [7, 11) is 0. The number of carbonyl (C=O) groups is 1. The normalized spacial score (nSPS) is 22.2. The number of hydrogen-bond acceptors (Lipinski definition) is 2. The molecule has 2 atom stereocenters. The Morgan fingerprint density at radius 3 is 2.50 bits per heavy atom. The van der Waals surface area contributed by atoms with Gasteiger partial charge in [-0.1, -0.05) is 39.0 Å². The fraction of sp³-hybridized carbons (Fsp3) is 0.923. The largest absolute Gasteiger partial charge is 0.481 e. The van der Waals surface area contributed by atoms with Crippen molar-refractivity contribution in [3.8, 4) is 0 Å². The molecule has 0 aromatic carbocycles. The molecule has 1 fully saturated rings. The second-order valence-electron chi connectivity index (χ2n) is 5.39. The summed E-state index contributed by atoms with van der Waals surface area (Å²) in [6.07, 6.45) is 6.61. The molecule has 0 aromatic rings. The molecule has 1 aliphatic carbocycles. The molecule has 0 amide bonds. The van der Waals surface area contributed by atoms with Gasteiger partial charge in [0.05, 0.1) is 11.5 Å². The van der Waals surface area contributed by atoms with Crippen LogP contribution in [0.3, 0.4) is 0 Å². The van der Waals surface area contributed by atoms with Crippen LogP contribution in [0.5, 0.6) is 0 Å². The zero-order chi connectivity index (χ0) is 12.2. The number of aliphatic hydroxyl groups is 1. The van der Waals surface area contributed by atoms with Crippen LogP contribution < -0.4 is 0 Å². The Labute approximate surface area is 97.9 Å². The minimum absolute atomic E-state index is 0.540. The lowest BCUT2D eigenvalue weighted by Gasteiger charge is -2.36. The predicted molar refractivity (Wildman–Crippen MR) is 63.2 cm³/mol. The molecule has 0 aromatic heterocycles. The summed E-state index contributed by atoms with van der Waals surface area (Å²) in [5.74, 6) is -0.913. The zero-order valence-electron chi connectivity index (χ0n) is 10.4. The van der Waals surface area contributed by atoms with Crippen LogP contribution >= 0.6 is 0 Å². The van der Waals surface area contributed by atoms with Crippen molar-refractivity contribution in [2.45, 2.75) is 64.4 Å². The van der Waals surface area contributed by atoms with Gasteiger partial charge in [-0.15, -0.1) is 0 Å². The van der Waals surface area contributed by atoms with E-state index in [4.69, 9.17) is 0 Å². The Morgan fingerprint density at radius 1 is 1.50 bits per heavy atom. The summed E-state index contributed by atoms with van der Waals surface area (Å²) in [4.78, 5) is 11.2. The Hall–Kier alpha value is -0.570. The molecule has 3 heteroatoms. The van der Waals surface area contributed by atoms with Crippen LogP contribution in [0.4, 0.5) is 0 Å². The lowest BCUT2D eigenvalue weighted by molar-refractivity contribution is -0.153. The monoisotopic (exact) mass is 228 g/mol. The molecular formula is C13H24O3. The quantitative estimate of drug-likeness (QED) is 0.704. The van der Waals surface area contributed by atoms with Gasteiger partial charge in [0.25, 0.3) is 0 Å². The molecule has 0 saturated heterocycles. The first-order valence-corrected chi connectivity index (χ1v) is 6.42. The van der Waals surface area contributed by atoms with Crippen molar-refractivity contribution in [1.29, 1.82) is 0 Å². The number of hydrogen-bond donors (Lipinski definition) is 2. The number of carboxylic acids is 1. The molecule has 16 heavy (non-hydrogen) atoms. The van der Waals surface area contributed by atoms with E-state index in [1.807, 2.05) is 6.92 Å². The maximum atomic E-state index is 11.2. The Kier molecular flexibility index (Phi) is 4.78. The van der Waals surface area contributed by atoms with Crippen LogP contribution in [0.1, 0.15) is 58.8 Å². The molecule has 2 N–H and O–H groups in total. The Balaban J connectivity index is 2.54. The van der Waals surface area contributed by atoms with Crippen LogP contribution in [-0.2, 0) is 4.79 Å². The molecule has 0 radical (unpaired) electrons. The highest BCUT2D eigenvalue weighted by atomic mass is 16.4. The van der Waals surface area contributed by atoms with Gasteiger partial charge in [0.2, 0.25) is 0 Å². The second-order valence-corrected chi connectivity index (χ2v) is 5.39. The molecule has 0 spiro atoms. The van der Waals surface area contributed by atoms with Gasteiger partial charge in [-0.05, 0) is 25.7 Å². The summed E-state index contributed by atoms with van der Waals surface area (Å²) in [5.41, 5.74) is -1.04. The molecule has 94 valence electrons. The average Bonchev–Trinajstić information content (AvgIpc) is 2.11. The number of rotatable bonds is 7. The Morgan fingerprint density at radius 2 is 2.12 bits per heavy atom. The third kappa shape index (κ3) is 3.48. The van der Waals surface area contributed by atoms with Crippen molar-refractivity contribution < 1.29 is 15.0 Å². The van der Waals surface area contributed by atoms with Gasteiger partial charge in [0, 0.05) is 0 Å². The van der Waals surface area contributed by atoms with Gasteiger partial charge in [-0.25, -0.2) is 0 Å². The molecule has 0 aliphatic heterocycles. The molecule has 0 heterocycles. The van der Waals surface area contributed by atoms with Crippen molar-refractivity contribution in [2.75, 3.05) is 0 Å². The molecule has 1 aliphatic rings. The van der Waals surface area contributed by atoms with Gasteiger partial charge in [-0.3, -0.25) is 4.79 Å². The maximum absolute atomic E-state index is 11.2. The topological polar surface area (TPSA) is 57.5 Å². The third-order valence-electron chi connectivity index (χ3n) is 3.82. The Bertz CT molecular complexity index is 231. The summed E-state index contributed by atoms with van der Waals surface area (Å²) >= 11 is 0. The third-order valence-corrected chi connectivity index (χ3v) is 3.82. The van der Waals surface area contributed by atoms with Gasteiger partial charge in [0.1, 0.15) is 0 Å². The standard InChI is InChI=1S/C13H24O3/c1-3-4-8-11(12(14)15)13(2,16)9-10-6-5-7-10/h10-11,16H,3-9H2,1-2H3,(H,14,15). The van der Waals surface area contributed by atoms with E-state index in [1.165, 1.54) is 6.42 Å². The van der Waals surface area contributed by atoms with E-state index in [0.29, 0.717) is 18.8 Å². The number of carboxylic acid groups (broad SMARTS) is 1. The fourth-order valence-electron chi connectivity index (χ4n) is 2.53. The van der Waals surface area contributed by atoms with E-state index >= 15 is 0 Å². The van der Waals surface area contributed by atoms with Crippen molar-refractivity contribution in [2.24, 2.45) is 11.8 Å². The summed E-state index contributed by atoms with van der Waals surface area (Å²) in [6.45, 7) is 3.74. The van der Waals surface area contributed by atoms with Crippen LogP contribution in [0.15, 0.2) is 0 Å². The molecule has 1 rings (SSSR count). The number of aliphatic carboxylic acids is 1. The highest BCUT2D eigenvalue weighted by Crippen LogP contribution is 2.37. The van der Waals surface area contributed by atoms with Crippen molar-refractivity contribution in [3.63, 3.8) is 0 Å². The van der Waals surface area contributed by atoms with Crippen LogP contribution in [0, 0.1) is 11.8 Å². The minimum atomic E-state index is -1.04. The minimum Gasteiger partial charge on any atom is -0.481 e. The predicted octanol–water partition coefficient (Wildman–Crippen LogP) is 2.82. The lowest BCUT2D eigenvalue weighted by atomic mass is 9.72. The van der Waals surface area contributed by atoms with E-state index in [0.717, 1.165) is 25.7 Å². The molecule has 3 nitrogen and oxygen atoms in total. The van der Waals surface area contributed by atoms with Crippen molar-refractivity contribution >= 4 is 5.97 Å². The second kappa shape index (κ2) is 5.67. The van der Waals surface area contributed by atoms with E-state index in [1.54, 1.807) is 6.92 Å². The van der Waals surface area contributed by atoms with Crippen LogP contribution in [0.2, 0.25) is 0 Å². The highest BCUT2D eigenvalue weighted by Gasteiger charge is 2.39. The lowest BCUT2D eigenvalue weighted by Crippen LogP contribution is -2.42. The molecule has 2 unspecified atom stereocenters. The molecule has 1 saturated carbocycles. The average molecular weight is 228 g/mol. The van der Waals surface area contributed by atoms with E-state index in [9.17, 15) is 15.0 Å². The first kappa shape index (κ1) is 13.5. The first-order valence-electron chi connectivity index (χ1n) is 6.42. The van der Waals surface area contributed by atoms with E-state index in [2.05, 4.69) is 0 Å². The molecule has 0 bridgehead atoms. The SMILES string of the molecule is CCCCC(C(=O)O)C(C)(O)CC1CCC1.